The lowest BCUT2D eigenvalue weighted by Gasteiger charge is -2.18. The lowest BCUT2D eigenvalue weighted by molar-refractivity contribution is 0.530. The lowest BCUT2D eigenvalue weighted by Crippen LogP contribution is -2.29. The van der Waals surface area contributed by atoms with Gasteiger partial charge < -0.3 is 0 Å². The molecule has 1 aliphatic carbocycles. The maximum atomic E-state index is 12.5. The molecule has 106 valence electrons. The summed E-state index contributed by atoms with van der Waals surface area (Å²) in [5.41, 5.74) is 1.03. The summed E-state index contributed by atoms with van der Waals surface area (Å²) in [4.78, 5) is 0. The highest BCUT2D eigenvalue weighted by atomic mass is 79.9. The third-order valence-electron chi connectivity index (χ3n) is 3.36. The minimum atomic E-state index is -3.48. The summed E-state index contributed by atoms with van der Waals surface area (Å²) in [5, 5.41) is 1.77. The molecule has 1 saturated carbocycles. The van der Waals surface area contributed by atoms with Crippen molar-refractivity contribution in [3.05, 3.63) is 51.8 Å². The second-order valence-electron chi connectivity index (χ2n) is 4.90. The maximum Gasteiger partial charge on any atom is 0.251 e. The van der Waals surface area contributed by atoms with Gasteiger partial charge in [0, 0.05) is 10.5 Å². The number of halogens is 1. The maximum absolute atomic E-state index is 12.5. The van der Waals surface area contributed by atoms with E-state index in [0.29, 0.717) is 14.6 Å². The van der Waals surface area contributed by atoms with Crippen molar-refractivity contribution in [2.24, 2.45) is 5.92 Å². The fourth-order valence-electron chi connectivity index (χ4n) is 2.22. The topological polar surface area (TPSA) is 46.2 Å². The standard InChI is InChI=1S/C14H14BrNO2S2/c15-12-8-9-19-14(12)20(17,18)16-13(11-6-7-11)10-4-2-1-3-5-10/h1-5,8-9,11,13,16H,6-7H2. The number of thiophene rings is 1. The second-order valence-corrected chi connectivity index (χ2v) is 8.58. The van der Waals surface area contributed by atoms with Gasteiger partial charge in [-0.25, -0.2) is 13.1 Å². The molecule has 1 fully saturated rings. The van der Waals surface area contributed by atoms with E-state index in [0.717, 1.165) is 18.4 Å². The van der Waals surface area contributed by atoms with Crippen LogP contribution in [0.4, 0.5) is 0 Å². The molecule has 0 saturated heterocycles. The molecule has 20 heavy (non-hydrogen) atoms. The Hall–Kier alpha value is -0.690. The second kappa shape index (κ2) is 5.60. The van der Waals surface area contributed by atoms with Gasteiger partial charge in [-0.05, 0) is 51.7 Å². The zero-order valence-corrected chi connectivity index (χ0v) is 13.8. The van der Waals surface area contributed by atoms with E-state index in [2.05, 4.69) is 20.7 Å². The average Bonchev–Trinajstić information content (AvgIpc) is 3.18. The molecule has 1 heterocycles. The first-order valence-corrected chi connectivity index (χ1v) is 9.54. The van der Waals surface area contributed by atoms with Crippen LogP contribution in [0.5, 0.6) is 0 Å². The van der Waals surface area contributed by atoms with Crippen LogP contribution in [-0.2, 0) is 10.0 Å². The van der Waals surface area contributed by atoms with Gasteiger partial charge in [-0.2, -0.15) is 0 Å². The van der Waals surface area contributed by atoms with Gasteiger partial charge in [0.05, 0.1) is 0 Å². The van der Waals surface area contributed by atoms with Gasteiger partial charge in [0.2, 0.25) is 0 Å². The average molecular weight is 372 g/mol. The molecule has 0 radical (unpaired) electrons. The van der Waals surface area contributed by atoms with E-state index in [1.54, 1.807) is 11.4 Å². The minimum absolute atomic E-state index is 0.129. The van der Waals surface area contributed by atoms with Gasteiger partial charge in [-0.1, -0.05) is 30.3 Å². The van der Waals surface area contributed by atoms with Crippen LogP contribution in [0.1, 0.15) is 24.4 Å². The minimum Gasteiger partial charge on any atom is -0.206 e. The summed E-state index contributed by atoms with van der Waals surface area (Å²) in [6.45, 7) is 0. The summed E-state index contributed by atoms with van der Waals surface area (Å²) in [6, 6.07) is 11.4. The van der Waals surface area contributed by atoms with Crippen molar-refractivity contribution in [3.8, 4) is 0 Å². The molecule has 3 rings (SSSR count). The van der Waals surface area contributed by atoms with Gasteiger partial charge in [0.1, 0.15) is 4.21 Å². The third-order valence-corrected chi connectivity index (χ3v) is 7.47. The Morgan fingerprint density at radius 2 is 1.90 bits per heavy atom. The number of rotatable bonds is 5. The van der Waals surface area contributed by atoms with Crippen molar-refractivity contribution in [3.63, 3.8) is 0 Å². The zero-order chi connectivity index (χ0) is 14.2. The van der Waals surface area contributed by atoms with Crippen LogP contribution in [0.3, 0.4) is 0 Å². The van der Waals surface area contributed by atoms with E-state index >= 15 is 0 Å². The Labute approximate surface area is 131 Å². The predicted octanol–water partition coefficient (Wildman–Crippen LogP) is 3.94. The third kappa shape index (κ3) is 2.98. The number of hydrogen-bond acceptors (Lipinski definition) is 3. The van der Waals surface area contributed by atoms with Gasteiger partial charge in [-0.3, -0.25) is 0 Å². The molecule has 1 N–H and O–H groups in total. The molecule has 6 heteroatoms. The lowest BCUT2D eigenvalue weighted by atomic mass is 10.0. The highest BCUT2D eigenvalue weighted by Crippen LogP contribution is 2.42. The van der Waals surface area contributed by atoms with Crippen molar-refractivity contribution < 1.29 is 8.42 Å². The Morgan fingerprint density at radius 3 is 2.45 bits per heavy atom. The van der Waals surface area contributed by atoms with Crippen molar-refractivity contribution in [1.29, 1.82) is 0 Å². The van der Waals surface area contributed by atoms with Gasteiger partial charge in [0.25, 0.3) is 10.0 Å². The van der Waals surface area contributed by atoms with E-state index in [1.807, 2.05) is 30.3 Å². The van der Waals surface area contributed by atoms with Crippen LogP contribution in [0, 0.1) is 5.92 Å². The summed E-state index contributed by atoms with van der Waals surface area (Å²) in [7, 11) is -3.48. The highest BCUT2D eigenvalue weighted by molar-refractivity contribution is 9.10. The van der Waals surface area contributed by atoms with Crippen LogP contribution in [0.25, 0.3) is 0 Å². The summed E-state index contributed by atoms with van der Waals surface area (Å²) in [6.07, 6.45) is 2.15. The molecule has 0 aliphatic heterocycles. The van der Waals surface area contributed by atoms with Gasteiger partial charge in [0.15, 0.2) is 0 Å². The molecule has 1 atom stereocenters. The summed E-state index contributed by atoms with van der Waals surface area (Å²) in [5.74, 6) is 0.408. The van der Waals surface area contributed by atoms with Crippen molar-refractivity contribution in [2.45, 2.75) is 23.1 Å². The normalized spacial score (nSPS) is 17.1. The zero-order valence-electron chi connectivity index (χ0n) is 10.6. The summed E-state index contributed by atoms with van der Waals surface area (Å²) >= 11 is 4.52. The fraction of sp³-hybridized carbons (Fsp3) is 0.286. The fourth-order valence-corrected chi connectivity index (χ4v) is 5.87. The SMILES string of the molecule is O=S(=O)(NC(c1ccccc1)C1CC1)c1sccc1Br. The largest absolute Gasteiger partial charge is 0.251 e. The number of sulfonamides is 1. The number of benzene rings is 1. The molecule has 2 aromatic rings. The van der Waals surface area contributed by atoms with Crippen LogP contribution >= 0.6 is 27.3 Å². The van der Waals surface area contributed by atoms with Crippen LogP contribution < -0.4 is 4.72 Å². The van der Waals surface area contributed by atoms with E-state index in [9.17, 15) is 8.42 Å². The Kier molecular flexibility index (Phi) is 3.99. The highest BCUT2D eigenvalue weighted by Gasteiger charge is 2.36. The van der Waals surface area contributed by atoms with Gasteiger partial charge >= 0.3 is 0 Å². The van der Waals surface area contributed by atoms with E-state index < -0.39 is 10.0 Å². The smallest absolute Gasteiger partial charge is 0.206 e. The first-order chi connectivity index (χ1) is 9.58. The van der Waals surface area contributed by atoms with E-state index in [-0.39, 0.29) is 6.04 Å². The van der Waals surface area contributed by atoms with E-state index in [4.69, 9.17) is 0 Å². The van der Waals surface area contributed by atoms with Crippen LogP contribution in [0.15, 0.2) is 50.5 Å². The van der Waals surface area contributed by atoms with Crippen molar-refractivity contribution in [1.82, 2.24) is 4.72 Å². The molecular formula is C14H14BrNO2S2. The molecule has 0 bridgehead atoms. The monoisotopic (exact) mass is 371 g/mol. The first kappa shape index (κ1) is 14.3. The molecule has 1 aromatic heterocycles. The summed E-state index contributed by atoms with van der Waals surface area (Å²) < 4.78 is 28.8. The Balaban J connectivity index is 1.90. The quantitative estimate of drug-likeness (QED) is 0.864. The molecule has 1 aromatic carbocycles. The van der Waals surface area contributed by atoms with E-state index in [1.165, 1.54) is 11.3 Å². The first-order valence-electron chi connectivity index (χ1n) is 6.38. The predicted molar refractivity (Wildman–Crippen MR) is 84.2 cm³/mol. The Bertz CT molecular complexity index is 693. The molecule has 0 spiro atoms. The van der Waals surface area contributed by atoms with Crippen LogP contribution in [0.2, 0.25) is 0 Å². The van der Waals surface area contributed by atoms with Gasteiger partial charge in [-0.15, -0.1) is 11.3 Å². The molecule has 3 nitrogen and oxygen atoms in total. The molecule has 1 aliphatic rings. The Morgan fingerprint density at radius 1 is 1.20 bits per heavy atom. The van der Waals surface area contributed by atoms with Crippen LogP contribution in [-0.4, -0.2) is 8.42 Å². The number of nitrogens with one attached hydrogen (secondary N) is 1. The molecule has 1 unspecified atom stereocenters. The number of hydrogen-bond donors (Lipinski definition) is 1. The molecule has 0 amide bonds. The molecular weight excluding hydrogens is 358 g/mol. The van der Waals surface area contributed by atoms with Crippen molar-refractivity contribution >= 4 is 37.3 Å². The van der Waals surface area contributed by atoms with Crippen molar-refractivity contribution in [2.75, 3.05) is 0 Å².